The minimum absolute atomic E-state index is 0.0372. The monoisotopic (exact) mass is 397 g/mol. The van der Waals surface area contributed by atoms with Gasteiger partial charge in [0.05, 0.1) is 18.4 Å². The van der Waals surface area contributed by atoms with Crippen molar-refractivity contribution in [3.05, 3.63) is 90.1 Å². The second-order valence-corrected chi connectivity index (χ2v) is 7.77. The number of aromatic nitrogens is 4. The van der Waals surface area contributed by atoms with Gasteiger partial charge in [-0.3, -0.25) is 9.78 Å². The fourth-order valence-electron chi connectivity index (χ4n) is 4.20. The number of likely N-dealkylation sites (tertiary alicyclic amines) is 1. The number of nitrogens with zero attached hydrogens (tertiary/aromatic N) is 5. The van der Waals surface area contributed by atoms with Crippen LogP contribution in [0, 0.1) is 0 Å². The summed E-state index contributed by atoms with van der Waals surface area (Å²) in [5, 5.41) is 0. The van der Waals surface area contributed by atoms with E-state index in [1.807, 2.05) is 46.1 Å². The van der Waals surface area contributed by atoms with Crippen LogP contribution >= 0.6 is 0 Å². The highest BCUT2D eigenvalue weighted by Gasteiger charge is 2.25. The van der Waals surface area contributed by atoms with E-state index in [0.717, 1.165) is 37.1 Å². The quantitative estimate of drug-likeness (QED) is 0.524. The molecule has 5 rings (SSSR count). The first-order valence-corrected chi connectivity index (χ1v) is 10.3. The number of amides is 1. The van der Waals surface area contributed by atoms with Gasteiger partial charge in [0.1, 0.15) is 5.52 Å². The number of piperidine rings is 1. The molecule has 0 bridgehead atoms. The van der Waals surface area contributed by atoms with Gasteiger partial charge in [-0.2, -0.15) is 0 Å². The first-order chi connectivity index (χ1) is 14.8. The highest BCUT2D eigenvalue weighted by Crippen LogP contribution is 2.28. The molecule has 4 heterocycles. The van der Waals surface area contributed by atoms with E-state index in [9.17, 15) is 4.79 Å². The van der Waals surface area contributed by atoms with E-state index in [-0.39, 0.29) is 5.91 Å². The SMILES string of the molecule is O=C(c1cnc2c(c1)ncn2Cc1ccccc1)N1CCC(c2ccncc2)CC1. The lowest BCUT2D eigenvalue weighted by molar-refractivity contribution is 0.0712. The second kappa shape index (κ2) is 8.06. The third-order valence-corrected chi connectivity index (χ3v) is 5.86. The summed E-state index contributed by atoms with van der Waals surface area (Å²) in [5.74, 6) is 0.529. The number of imidazole rings is 1. The summed E-state index contributed by atoms with van der Waals surface area (Å²) in [6.45, 7) is 2.22. The molecule has 0 spiro atoms. The number of hydrogen-bond donors (Lipinski definition) is 0. The van der Waals surface area contributed by atoms with Gasteiger partial charge in [0.15, 0.2) is 5.65 Å². The lowest BCUT2D eigenvalue weighted by atomic mass is 9.90. The van der Waals surface area contributed by atoms with Crippen molar-refractivity contribution in [1.82, 2.24) is 24.4 Å². The van der Waals surface area contributed by atoms with Crippen LogP contribution in [0.3, 0.4) is 0 Å². The highest BCUT2D eigenvalue weighted by molar-refractivity contribution is 5.96. The molecular formula is C24H23N5O. The van der Waals surface area contributed by atoms with Crippen molar-refractivity contribution in [1.29, 1.82) is 0 Å². The largest absolute Gasteiger partial charge is 0.339 e. The molecule has 0 saturated carbocycles. The zero-order valence-electron chi connectivity index (χ0n) is 16.7. The molecule has 0 aliphatic carbocycles. The number of rotatable bonds is 4. The standard InChI is InChI=1S/C24H23N5O/c30-24(28-12-8-20(9-13-28)19-6-10-25-11-7-19)21-14-22-23(26-15-21)29(17-27-22)16-18-4-2-1-3-5-18/h1-7,10-11,14-15,17,20H,8-9,12-13,16H2. The summed E-state index contributed by atoms with van der Waals surface area (Å²) in [5.41, 5.74) is 4.66. The lowest BCUT2D eigenvalue weighted by Gasteiger charge is -2.32. The minimum atomic E-state index is 0.0372. The van der Waals surface area contributed by atoms with E-state index in [4.69, 9.17) is 0 Å². The van der Waals surface area contributed by atoms with Crippen molar-refractivity contribution in [2.24, 2.45) is 0 Å². The zero-order valence-corrected chi connectivity index (χ0v) is 16.7. The summed E-state index contributed by atoms with van der Waals surface area (Å²) < 4.78 is 2.01. The van der Waals surface area contributed by atoms with E-state index in [2.05, 4.69) is 39.2 Å². The molecule has 1 saturated heterocycles. The van der Waals surface area contributed by atoms with Gasteiger partial charge in [-0.05, 0) is 48.1 Å². The molecule has 3 aromatic heterocycles. The molecule has 4 aromatic rings. The van der Waals surface area contributed by atoms with Crippen LogP contribution in [-0.2, 0) is 6.54 Å². The van der Waals surface area contributed by atoms with Crippen LogP contribution in [0.4, 0.5) is 0 Å². The molecule has 0 radical (unpaired) electrons. The van der Waals surface area contributed by atoms with Crippen LogP contribution in [0.15, 0.2) is 73.4 Å². The number of carbonyl (C=O) groups excluding carboxylic acids is 1. The smallest absolute Gasteiger partial charge is 0.255 e. The number of pyridine rings is 2. The summed E-state index contributed by atoms with van der Waals surface area (Å²) in [6, 6.07) is 16.2. The molecule has 30 heavy (non-hydrogen) atoms. The molecule has 1 aromatic carbocycles. The van der Waals surface area contributed by atoms with Crippen LogP contribution in [0.2, 0.25) is 0 Å². The predicted molar refractivity (Wildman–Crippen MR) is 115 cm³/mol. The molecule has 150 valence electrons. The second-order valence-electron chi connectivity index (χ2n) is 7.77. The van der Waals surface area contributed by atoms with Crippen molar-refractivity contribution < 1.29 is 4.79 Å². The number of carbonyl (C=O) groups is 1. The molecule has 6 heteroatoms. The Balaban J connectivity index is 1.29. The molecule has 0 atom stereocenters. The summed E-state index contributed by atoms with van der Waals surface area (Å²) in [6.07, 6.45) is 9.09. The maximum atomic E-state index is 13.0. The summed E-state index contributed by atoms with van der Waals surface area (Å²) >= 11 is 0. The Morgan fingerprint density at radius 1 is 1.00 bits per heavy atom. The van der Waals surface area contributed by atoms with Crippen LogP contribution in [0.1, 0.15) is 40.2 Å². The van der Waals surface area contributed by atoms with Gasteiger partial charge in [-0.1, -0.05) is 30.3 Å². The Kier molecular flexibility index (Phi) is 4.97. The van der Waals surface area contributed by atoms with Crippen molar-refractivity contribution in [2.75, 3.05) is 13.1 Å². The molecule has 1 aliphatic rings. The maximum Gasteiger partial charge on any atom is 0.255 e. The Morgan fingerprint density at radius 3 is 2.53 bits per heavy atom. The van der Waals surface area contributed by atoms with Gasteiger partial charge in [0, 0.05) is 31.7 Å². The van der Waals surface area contributed by atoms with E-state index < -0.39 is 0 Å². The third kappa shape index (κ3) is 3.68. The van der Waals surface area contributed by atoms with Gasteiger partial charge in [0.2, 0.25) is 0 Å². The predicted octanol–water partition coefficient (Wildman–Crippen LogP) is 3.89. The average Bonchev–Trinajstić information content (AvgIpc) is 3.22. The normalized spacial score (nSPS) is 14.9. The fourth-order valence-corrected chi connectivity index (χ4v) is 4.20. The molecule has 1 fully saturated rings. The van der Waals surface area contributed by atoms with E-state index >= 15 is 0 Å². The Bertz CT molecular complexity index is 1150. The highest BCUT2D eigenvalue weighted by atomic mass is 16.2. The molecule has 1 amide bonds. The van der Waals surface area contributed by atoms with E-state index in [1.54, 1.807) is 12.5 Å². The van der Waals surface area contributed by atoms with Crippen LogP contribution in [-0.4, -0.2) is 43.4 Å². The van der Waals surface area contributed by atoms with Crippen molar-refractivity contribution in [3.63, 3.8) is 0 Å². The summed E-state index contributed by atoms with van der Waals surface area (Å²) in [7, 11) is 0. The molecular weight excluding hydrogens is 374 g/mol. The number of benzene rings is 1. The van der Waals surface area contributed by atoms with Crippen molar-refractivity contribution in [2.45, 2.75) is 25.3 Å². The van der Waals surface area contributed by atoms with E-state index in [0.29, 0.717) is 18.0 Å². The molecule has 0 N–H and O–H groups in total. The Labute approximate surface area is 175 Å². The van der Waals surface area contributed by atoms with Crippen molar-refractivity contribution >= 4 is 17.1 Å². The van der Waals surface area contributed by atoms with Crippen LogP contribution in [0.25, 0.3) is 11.2 Å². The molecule has 1 aliphatic heterocycles. The Morgan fingerprint density at radius 2 is 1.77 bits per heavy atom. The lowest BCUT2D eigenvalue weighted by Crippen LogP contribution is -2.38. The topological polar surface area (TPSA) is 63.9 Å². The summed E-state index contributed by atoms with van der Waals surface area (Å²) in [4.78, 5) is 28.1. The maximum absolute atomic E-state index is 13.0. The average molecular weight is 397 g/mol. The number of fused-ring (bicyclic) bond motifs is 1. The first kappa shape index (κ1) is 18.5. The van der Waals surface area contributed by atoms with Gasteiger partial charge in [-0.25, -0.2) is 9.97 Å². The van der Waals surface area contributed by atoms with Crippen LogP contribution in [0.5, 0.6) is 0 Å². The minimum Gasteiger partial charge on any atom is -0.339 e. The number of hydrogen-bond acceptors (Lipinski definition) is 4. The molecule has 6 nitrogen and oxygen atoms in total. The third-order valence-electron chi connectivity index (χ3n) is 5.86. The van der Waals surface area contributed by atoms with Gasteiger partial charge in [0.25, 0.3) is 5.91 Å². The van der Waals surface area contributed by atoms with Gasteiger partial charge >= 0.3 is 0 Å². The molecule has 0 unspecified atom stereocenters. The Hall–Kier alpha value is -3.54. The zero-order chi connectivity index (χ0) is 20.3. The van der Waals surface area contributed by atoms with E-state index in [1.165, 1.54) is 11.1 Å². The first-order valence-electron chi connectivity index (χ1n) is 10.3. The van der Waals surface area contributed by atoms with Gasteiger partial charge < -0.3 is 9.47 Å². The van der Waals surface area contributed by atoms with Gasteiger partial charge in [-0.15, -0.1) is 0 Å². The fraction of sp³-hybridized carbons (Fsp3) is 0.250. The van der Waals surface area contributed by atoms with Crippen molar-refractivity contribution in [3.8, 4) is 0 Å². The van der Waals surface area contributed by atoms with Crippen LogP contribution < -0.4 is 0 Å².